The van der Waals surface area contributed by atoms with Crippen molar-refractivity contribution in [3.63, 3.8) is 0 Å². The number of oxazole rings is 1. The smallest absolute Gasteiger partial charge is 0.236 e. The lowest BCUT2D eigenvalue weighted by atomic mass is 9.90. The maximum absolute atomic E-state index is 13.3. The Kier molecular flexibility index (Phi) is 5.44. The van der Waals surface area contributed by atoms with Crippen molar-refractivity contribution in [3.05, 3.63) is 119 Å². The summed E-state index contributed by atoms with van der Waals surface area (Å²) in [6.45, 7) is 0. The van der Waals surface area contributed by atoms with E-state index in [1.54, 1.807) is 18.2 Å². The normalized spacial score (nSPS) is 11.1. The number of rotatable bonds is 5. The van der Waals surface area contributed by atoms with Crippen molar-refractivity contribution in [2.45, 2.75) is 5.92 Å². The van der Waals surface area contributed by atoms with Gasteiger partial charge in [-0.3, -0.25) is 4.79 Å². The summed E-state index contributed by atoms with van der Waals surface area (Å²) in [4.78, 5) is 17.9. The Hall–Kier alpha value is -3.89. The summed E-state index contributed by atoms with van der Waals surface area (Å²) in [7, 11) is 0. The molecule has 5 rings (SSSR count). The van der Waals surface area contributed by atoms with Crippen LogP contribution in [0.5, 0.6) is 0 Å². The van der Waals surface area contributed by atoms with Crippen LogP contribution in [0, 0.1) is 0 Å². The third-order valence-electron chi connectivity index (χ3n) is 5.26. The summed E-state index contributed by atoms with van der Waals surface area (Å²) < 4.78 is 5.94. The van der Waals surface area contributed by atoms with Crippen LogP contribution in [-0.2, 0) is 4.79 Å². The lowest BCUT2D eigenvalue weighted by molar-refractivity contribution is -0.116. The summed E-state index contributed by atoms with van der Waals surface area (Å²) in [5, 5.41) is 3.66. The zero-order chi connectivity index (χ0) is 21.9. The molecule has 1 amide bonds. The van der Waals surface area contributed by atoms with Gasteiger partial charge in [0.25, 0.3) is 0 Å². The van der Waals surface area contributed by atoms with Crippen LogP contribution in [0.15, 0.2) is 108 Å². The van der Waals surface area contributed by atoms with E-state index >= 15 is 0 Å². The Labute approximate surface area is 190 Å². The van der Waals surface area contributed by atoms with Crippen LogP contribution in [0.1, 0.15) is 17.0 Å². The van der Waals surface area contributed by atoms with Crippen LogP contribution in [0.3, 0.4) is 0 Å². The van der Waals surface area contributed by atoms with Gasteiger partial charge in [0.1, 0.15) is 5.52 Å². The van der Waals surface area contributed by atoms with Gasteiger partial charge in [-0.2, -0.15) is 0 Å². The molecule has 156 valence electrons. The van der Waals surface area contributed by atoms with E-state index in [1.807, 2.05) is 84.9 Å². The minimum absolute atomic E-state index is 0.115. The third kappa shape index (κ3) is 4.13. The number of aromatic nitrogens is 1. The van der Waals surface area contributed by atoms with Crippen LogP contribution in [0.25, 0.3) is 22.6 Å². The Morgan fingerprint density at radius 3 is 2.16 bits per heavy atom. The van der Waals surface area contributed by atoms with Crippen LogP contribution < -0.4 is 5.32 Å². The van der Waals surface area contributed by atoms with E-state index in [0.29, 0.717) is 27.7 Å². The molecule has 0 spiro atoms. The van der Waals surface area contributed by atoms with E-state index < -0.39 is 5.92 Å². The number of anilines is 1. The number of nitrogens with one attached hydrogen (secondary N) is 1. The molecule has 0 fully saturated rings. The van der Waals surface area contributed by atoms with Gasteiger partial charge in [-0.25, -0.2) is 4.98 Å². The molecule has 0 radical (unpaired) electrons. The Morgan fingerprint density at radius 1 is 0.812 bits per heavy atom. The number of nitrogens with zero attached hydrogens (tertiary/aromatic N) is 1. The van der Waals surface area contributed by atoms with Gasteiger partial charge in [-0.1, -0.05) is 78.3 Å². The first kappa shape index (κ1) is 20.0. The molecule has 0 bridgehead atoms. The molecule has 0 unspecified atom stereocenters. The highest BCUT2D eigenvalue weighted by Gasteiger charge is 2.23. The van der Waals surface area contributed by atoms with Crippen molar-refractivity contribution >= 4 is 34.3 Å². The minimum Gasteiger partial charge on any atom is -0.436 e. The molecule has 0 aliphatic rings. The quantitative estimate of drug-likeness (QED) is 0.324. The molecule has 4 aromatic carbocycles. The SMILES string of the molecule is O=C(Nc1ccc2nc(-c3cccc(Cl)c3)oc2c1)C(c1ccccc1)c1ccccc1. The van der Waals surface area contributed by atoms with Crippen molar-refractivity contribution in [1.82, 2.24) is 4.98 Å². The predicted octanol–water partition coefficient (Wildman–Crippen LogP) is 6.92. The molecule has 32 heavy (non-hydrogen) atoms. The zero-order valence-electron chi connectivity index (χ0n) is 17.0. The summed E-state index contributed by atoms with van der Waals surface area (Å²) >= 11 is 6.09. The number of hydrogen-bond donors (Lipinski definition) is 1. The fraction of sp³-hybridized carbons (Fsp3) is 0.0370. The maximum atomic E-state index is 13.3. The topological polar surface area (TPSA) is 55.1 Å². The Balaban J connectivity index is 1.45. The van der Waals surface area contributed by atoms with Crippen LogP contribution in [-0.4, -0.2) is 10.9 Å². The average molecular weight is 439 g/mol. The van der Waals surface area contributed by atoms with Gasteiger partial charge >= 0.3 is 0 Å². The van der Waals surface area contributed by atoms with Gasteiger partial charge in [0.15, 0.2) is 5.58 Å². The van der Waals surface area contributed by atoms with E-state index in [2.05, 4.69) is 10.3 Å². The molecule has 1 heterocycles. The van der Waals surface area contributed by atoms with Crippen LogP contribution in [0.4, 0.5) is 5.69 Å². The second-order valence-corrected chi connectivity index (χ2v) is 7.89. The molecule has 5 aromatic rings. The van der Waals surface area contributed by atoms with E-state index in [9.17, 15) is 4.79 Å². The summed E-state index contributed by atoms with van der Waals surface area (Å²) in [5.41, 5.74) is 4.61. The first-order valence-electron chi connectivity index (χ1n) is 10.2. The van der Waals surface area contributed by atoms with Gasteiger partial charge in [-0.15, -0.1) is 0 Å². The van der Waals surface area contributed by atoms with Crippen molar-refractivity contribution < 1.29 is 9.21 Å². The first-order valence-corrected chi connectivity index (χ1v) is 10.6. The van der Waals surface area contributed by atoms with E-state index in [-0.39, 0.29) is 5.91 Å². The fourth-order valence-electron chi connectivity index (χ4n) is 3.75. The van der Waals surface area contributed by atoms with E-state index in [4.69, 9.17) is 16.0 Å². The van der Waals surface area contributed by atoms with Crippen LogP contribution >= 0.6 is 11.6 Å². The lowest BCUT2D eigenvalue weighted by Gasteiger charge is -2.18. The highest BCUT2D eigenvalue weighted by Crippen LogP contribution is 2.30. The molecule has 0 aliphatic heterocycles. The molecule has 0 atom stereocenters. The van der Waals surface area contributed by atoms with Crippen molar-refractivity contribution in [3.8, 4) is 11.5 Å². The number of carbonyl (C=O) groups is 1. The van der Waals surface area contributed by atoms with Gasteiger partial charge < -0.3 is 9.73 Å². The van der Waals surface area contributed by atoms with Gasteiger partial charge in [0, 0.05) is 22.3 Å². The highest BCUT2D eigenvalue weighted by atomic mass is 35.5. The molecule has 1 N–H and O–H groups in total. The minimum atomic E-state index is -0.426. The van der Waals surface area contributed by atoms with Gasteiger partial charge in [0.05, 0.1) is 5.92 Å². The maximum Gasteiger partial charge on any atom is 0.236 e. The summed E-state index contributed by atoms with van der Waals surface area (Å²) in [6.07, 6.45) is 0. The molecule has 0 saturated carbocycles. The van der Waals surface area contributed by atoms with Crippen molar-refractivity contribution in [1.29, 1.82) is 0 Å². The summed E-state index contributed by atoms with van der Waals surface area (Å²) in [6, 6.07) is 32.3. The lowest BCUT2D eigenvalue weighted by Crippen LogP contribution is -2.22. The number of fused-ring (bicyclic) bond motifs is 1. The van der Waals surface area contributed by atoms with Gasteiger partial charge in [-0.05, 0) is 41.5 Å². The summed E-state index contributed by atoms with van der Waals surface area (Å²) in [5.74, 6) is -0.0569. The number of carbonyl (C=O) groups excluding carboxylic acids is 1. The second kappa shape index (κ2) is 8.69. The van der Waals surface area contributed by atoms with Crippen molar-refractivity contribution in [2.24, 2.45) is 0 Å². The monoisotopic (exact) mass is 438 g/mol. The van der Waals surface area contributed by atoms with Gasteiger partial charge in [0.2, 0.25) is 11.8 Å². The average Bonchev–Trinajstić information content (AvgIpc) is 3.24. The van der Waals surface area contributed by atoms with E-state index in [0.717, 1.165) is 16.7 Å². The molecular weight excluding hydrogens is 420 g/mol. The number of halogens is 1. The Bertz CT molecular complexity index is 1340. The third-order valence-corrected chi connectivity index (χ3v) is 5.49. The fourth-order valence-corrected chi connectivity index (χ4v) is 3.94. The Morgan fingerprint density at radius 2 is 1.50 bits per heavy atom. The molecule has 4 nitrogen and oxygen atoms in total. The highest BCUT2D eigenvalue weighted by molar-refractivity contribution is 6.30. The van der Waals surface area contributed by atoms with Crippen molar-refractivity contribution in [2.75, 3.05) is 5.32 Å². The largest absolute Gasteiger partial charge is 0.436 e. The number of hydrogen-bond acceptors (Lipinski definition) is 3. The molecule has 1 aromatic heterocycles. The molecule has 0 saturated heterocycles. The molecular formula is C27H19ClN2O2. The standard InChI is InChI=1S/C27H19ClN2O2/c28-21-13-7-12-20(16-21)27-30-23-15-14-22(17-24(23)32-27)29-26(31)25(18-8-3-1-4-9-18)19-10-5-2-6-11-19/h1-17,25H,(H,29,31). The van der Waals surface area contributed by atoms with E-state index in [1.165, 1.54) is 0 Å². The predicted molar refractivity (Wildman–Crippen MR) is 128 cm³/mol. The molecule has 0 aliphatic carbocycles. The molecule has 5 heteroatoms. The number of benzene rings is 4. The first-order chi connectivity index (χ1) is 15.7. The number of amides is 1. The second-order valence-electron chi connectivity index (χ2n) is 7.46. The van der Waals surface area contributed by atoms with Crippen LogP contribution in [0.2, 0.25) is 5.02 Å². The zero-order valence-corrected chi connectivity index (χ0v) is 17.8.